The van der Waals surface area contributed by atoms with E-state index in [1.165, 1.54) is 7.05 Å². The van der Waals surface area contributed by atoms with Gasteiger partial charge in [0.2, 0.25) is 0 Å². The molecule has 2 N–H and O–H groups in total. The Hall–Kier alpha value is -1.63. The van der Waals surface area contributed by atoms with E-state index in [1.54, 1.807) is 20.8 Å². The average molecular weight is 309 g/mol. The Labute approximate surface area is 119 Å². The summed E-state index contributed by atoms with van der Waals surface area (Å²) in [6.45, 7) is 4.66. The Morgan fingerprint density at radius 1 is 1.35 bits per heavy atom. The zero-order valence-electron chi connectivity index (χ0n) is 11.4. The molecule has 112 valence electrons. The van der Waals surface area contributed by atoms with Crippen LogP contribution in [-0.4, -0.2) is 27.1 Å². The number of alkyl halides is 2. The molecule has 0 aromatic carbocycles. The molecular weight excluding hydrogens is 294 g/mol. The molecule has 1 heterocycles. The highest BCUT2D eigenvalue weighted by atomic mass is 35.5. The molecule has 0 saturated carbocycles. The maximum absolute atomic E-state index is 14.1. The molecule has 1 aromatic rings. The molecule has 0 radical (unpaired) electrons. The molecule has 0 unspecified atom stereocenters. The predicted molar refractivity (Wildman–Crippen MR) is 69.2 cm³/mol. The monoisotopic (exact) mass is 308 g/mol. The molecule has 0 aliphatic heterocycles. The number of aryl methyl sites for hydroxylation is 1. The second-order valence-electron chi connectivity index (χ2n) is 5.40. The van der Waals surface area contributed by atoms with E-state index < -0.39 is 39.6 Å². The van der Waals surface area contributed by atoms with Crippen molar-refractivity contribution in [1.29, 1.82) is 0 Å². The van der Waals surface area contributed by atoms with Crippen LogP contribution in [0.3, 0.4) is 0 Å². The molecule has 0 saturated heterocycles. The first-order chi connectivity index (χ1) is 8.88. The van der Waals surface area contributed by atoms with Crippen LogP contribution in [0.15, 0.2) is 6.20 Å². The quantitative estimate of drug-likeness (QED) is 0.900. The van der Waals surface area contributed by atoms with E-state index >= 15 is 0 Å². The van der Waals surface area contributed by atoms with E-state index in [2.05, 4.69) is 5.32 Å². The maximum atomic E-state index is 14.1. The van der Waals surface area contributed by atoms with E-state index in [1.807, 2.05) is 0 Å². The molecule has 0 fully saturated rings. The number of halogens is 3. The number of hydrogen-bond acceptors (Lipinski definition) is 2. The van der Waals surface area contributed by atoms with Gasteiger partial charge in [-0.05, 0) is 20.8 Å². The molecule has 0 aliphatic carbocycles. The van der Waals surface area contributed by atoms with Crippen molar-refractivity contribution in [2.24, 2.45) is 7.05 Å². The maximum Gasteiger partial charge on any atom is 0.354 e. The fraction of sp³-hybridized carbons (Fsp3) is 0.500. The summed E-state index contributed by atoms with van der Waals surface area (Å²) in [6.07, 6.45) is 0.841. The van der Waals surface area contributed by atoms with Gasteiger partial charge < -0.3 is 15.0 Å². The second-order valence-corrected chi connectivity index (χ2v) is 5.78. The number of nitrogens with zero attached hydrogens (tertiary/aromatic N) is 1. The summed E-state index contributed by atoms with van der Waals surface area (Å²) >= 11 is 5.66. The van der Waals surface area contributed by atoms with Crippen LogP contribution in [0.4, 0.5) is 8.78 Å². The number of aromatic carboxylic acids is 1. The Kier molecular flexibility index (Phi) is 4.14. The van der Waals surface area contributed by atoms with Crippen molar-refractivity contribution >= 4 is 23.5 Å². The third-order valence-electron chi connectivity index (χ3n) is 2.43. The Morgan fingerprint density at radius 3 is 2.20 bits per heavy atom. The summed E-state index contributed by atoms with van der Waals surface area (Å²) in [7, 11) is 1.26. The highest BCUT2D eigenvalue weighted by Crippen LogP contribution is 2.37. The van der Waals surface area contributed by atoms with Gasteiger partial charge in [0.1, 0.15) is 5.69 Å². The molecule has 0 aliphatic rings. The van der Waals surface area contributed by atoms with E-state index in [0.717, 1.165) is 10.8 Å². The number of carbonyl (C=O) groups is 2. The molecule has 0 spiro atoms. The number of hydrogen-bond donors (Lipinski definition) is 2. The molecule has 5 nitrogen and oxygen atoms in total. The fourth-order valence-electron chi connectivity index (χ4n) is 1.60. The molecular formula is C12H15ClF2N2O3. The molecule has 0 bridgehead atoms. The van der Waals surface area contributed by atoms with Crippen LogP contribution in [-0.2, 0) is 17.8 Å². The Balaban J connectivity index is 3.26. The summed E-state index contributed by atoms with van der Waals surface area (Å²) in [5.74, 6) is -6.90. The van der Waals surface area contributed by atoms with Crippen molar-refractivity contribution in [2.75, 3.05) is 0 Å². The van der Waals surface area contributed by atoms with Crippen molar-refractivity contribution in [3.8, 4) is 0 Å². The van der Waals surface area contributed by atoms with Gasteiger partial charge in [-0.3, -0.25) is 4.79 Å². The van der Waals surface area contributed by atoms with E-state index in [0.29, 0.717) is 0 Å². The lowest BCUT2D eigenvalue weighted by Crippen LogP contribution is -2.47. The van der Waals surface area contributed by atoms with Crippen molar-refractivity contribution in [3.05, 3.63) is 22.5 Å². The predicted octanol–water partition coefficient (Wildman–Crippen LogP) is 2.38. The molecule has 8 heteroatoms. The summed E-state index contributed by atoms with van der Waals surface area (Å²) in [5.41, 5.74) is -2.18. The Bertz CT molecular complexity index is 562. The summed E-state index contributed by atoms with van der Waals surface area (Å²) in [4.78, 5) is 22.6. The van der Waals surface area contributed by atoms with Crippen LogP contribution in [0, 0.1) is 0 Å². The highest BCUT2D eigenvalue weighted by molar-refractivity contribution is 6.34. The average Bonchev–Trinajstić information content (AvgIpc) is 2.51. The van der Waals surface area contributed by atoms with Crippen LogP contribution in [0.2, 0.25) is 5.02 Å². The van der Waals surface area contributed by atoms with E-state index in [-0.39, 0.29) is 0 Å². The van der Waals surface area contributed by atoms with Crippen molar-refractivity contribution in [2.45, 2.75) is 32.2 Å². The lowest BCUT2D eigenvalue weighted by molar-refractivity contribution is -0.148. The van der Waals surface area contributed by atoms with Crippen molar-refractivity contribution in [1.82, 2.24) is 9.88 Å². The van der Waals surface area contributed by atoms with E-state index in [9.17, 15) is 18.4 Å². The first-order valence-electron chi connectivity index (χ1n) is 5.67. The van der Waals surface area contributed by atoms with Crippen LogP contribution in [0.25, 0.3) is 0 Å². The topological polar surface area (TPSA) is 71.3 Å². The minimum absolute atomic E-state index is 0.495. The largest absolute Gasteiger partial charge is 0.477 e. The van der Waals surface area contributed by atoms with Crippen LogP contribution in [0.1, 0.15) is 36.8 Å². The van der Waals surface area contributed by atoms with Gasteiger partial charge in [-0.15, -0.1) is 0 Å². The molecule has 0 atom stereocenters. The first kappa shape index (κ1) is 16.4. The van der Waals surface area contributed by atoms with Gasteiger partial charge in [-0.2, -0.15) is 8.78 Å². The standard InChI is InChI=1S/C12H15ClF2N2O3/c1-11(2,3)16-10(20)12(14,15)6-5-17(4)8(7(6)13)9(18)19/h5H,1-4H3,(H,16,20)(H,18,19). The third-order valence-corrected chi connectivity index (χ3v) is 2.82. The van der Waals surface area contributed by atoms with Crippen molar-refractivity contribution < 1.29 is 23.5 Å². The second kappa shape index (κ2) is 5.05. The van der Waals surface area contributed by atoms with Gasteiger partial charge in [0.15, 0.2) is 0 Å². The molecule has 1 rings (SSSR count). The highest BCUT2D eigenvalue weighted by Gasteiger charge is 2.46. The zero-order chi connectivity index (χ0) is 15.9. The molecule has 1 amide bonds. The Morgan fingerprint density at radius 2 is 1.85 bits per heavy atom. The lowest BCUT2D eigenvalue weighted by Gasteiger charge is -2.24. The fourth-order valence-corrected chi connectivity index (χ4v) is 1.98. The number of nitrogens with one attached hydrogen (secondary N) is 1. The minimum atomic E-state index is -3.92. The first-order valence-corrected chi connectivity index (χ1v) is 6.04. The van der Waals surface area contributed by atoms with Gasteiger partial charge >= 0.3 is 11.9 Å². The number of aromatic nitrogens is 1. The smallest absolute Gasteiger partial charge is 0.354 e. The number of amides is 1. The van der Waals surface area contributed by atoms with Gasteiger partial charge in [-0.25, -0.2) is 4.79 Å². The molecule has 1 aromatic heterocycles. The summed E-state index contributed by atoms with van der Waals surface area (Å²) in [5, 5.41) is 10.4. The van der Waals surface area contributed by atoms with Gasteiger partial charge in [0.25, 0.3) is 5.91 Å². The van der Waals surface area contributed by atoms with Crippen LogP contribution in [0.5, 0.6) is 0 Å². The molecule has 20 heavy (non-hydrogen) atoms. The minimum Gasteiger partial charge on any atom is -0.477 e. The summed E-state index contributed by atoms with van der Waals surface area (Å²) < 4.78 is 29.1. The number of carboxylic acids is 1. The zero-order valence-corrected chi connectivity index (χ0v) is 12.2. The van der Waals surface area contributed by atoms with Gasteiger partial charge in [-0.1, -0.05) is 11.6 Å². The number of carbonyl (C=O) groups excluding carboxylic acids is 1. The van der Waals surface area contributed by atoms with Gasteiger partial charge in [0, 0.05) is 18.8 Å². The number of carboxylic acid groups (broad SMARTS) is 1. The van der Waals surface area contributed by atoms with Crippen LogP contribution < -0.4 is 5.32 Å². The van der Waals surface area contributed by atoms with Gasteiger partial charge in [0.05, 0.1) is 10.6 Å². The van der Waals surface area contributed by atoms with Crippen molar-refractivity contribution in [3.63, 3.8) is 0 Å². The number of rotatable bonds is 3. The van der Waals surface area contributed by atoms with Crippen LogP contribution >= 0.6 is 11.6 Å². The SMILES string of the molecule is Cn1cc(C(F)(F)C(=O)NC(C)(C)C)c(Cl)c1C(=O)O. The van der Waals surface area contributed by atoms with E-state index in [4.69, 9.17) is 16.7 Å². The normalized spacial score (nSPS) is 12.3. The third kappa shape index (κ3) is 3.09. The lowest BCUT2D eigenvalue weighted by atomic mass is 10.1. The summed E-state index contributed by atoms with van der Waals surface area (Å²) in [6, 6.07) is 0.